The van der Waals surface area contributed by atoms with Gasteiger partial charge in [0.2, 0.25) is 0 Å². The van der Waals surface area contributed by atoms with Crippen LogP contribution in [0.2, 0.25) is 0 Å². The van der Waals surface area contributed by atoms with Gasteiger partial charge >= 0.3 is 0 Å². The number of benzene rings is 3. The minimum atomic E-state index is 0.726. The van der Waals surface area contributed by atoms with Gasteiger partial charge in [-0.2, -0.15) is 0 Å². The summed E-state index contributed by atoms with van der Waals surface area (Å²) in [4.78, 5) is 2.45. The third kappa shape index (κ3) is 5.67. The van der Waals surface area contributed by atoms with E-state index in [1.807, 2.05) is 0 Å². The lowest BCUT2D eigenvalue weighted by Crippen LogP contribution is -2.44. The topological polar surface area (TPSA) is 24.5 Å². The molecule has 32 heavy (non-hydrogen) atoms. The minimum Gasteiger partial charge on any atom is -0.492 e. The van der Waals surface area contributed by atoms with E-state index >= 15 is 0 Å². The molecule has 0 saturated carbocycles. The van der Waals surface area contributed by atoms with E-state index in [-0.39, 0.29) is 0 Å². The highest BCUT2D eigenvalue weighted by Crippen LogP contribution is 2.35. The zero-order chi connectivity index (χ0) is 22.2. The van der Waals surface area contributed by atoms with Gasteiger partial charge in [0, 0.05) is 32.7 Å². The van der Waals surface area contributed by atoms with Crippen molar-refractivity contribution in [3.8, 4) is 5.75 Å². The van der Waals surface area contributed by atoms with Crippen LogP contribution in [-0.4, -0.2) is 44.2 Å². The Kier molecular flexibility index (Phi) is 7.76. The summed E-state index contributed by atoms with van der Waals surface area (Å²) >= 11 is 0. The fourth-order valence-corrected chi connectivity index (χ4v) is 4.35. The Balaban J connectivity index is 1.58. The van der Waals surface area contributed by atoms with Gasteiger partial charge in [0.15, 0.2) is 0 Å². The second-order valence-corrected chi connectivity index (χ2v) is 8.40. The fourth-order valence-electron chi connectivity index (χ4n) is 4.35. The van der Waals surface area contributed by atoms with Gasteiger partial charge < -0.3 is 10.1 Å². The third-order valence-corrected chi connectivity index (χ3v) is 6.15. The highest BCUT2D eigenvalue weighted by Gasteiger charge is 2.13. The first-order valence-electron chi connectivity index (χ1n) is 11.8. The van der Waals surface area contributed by atoms with Crippen LogP contribution in [0.4, 0.5) is 0 Å². The van der Waals surface area contributed by atoms with Crippen LogP contribution in [0.3, 0.4) is 0 Å². The molecule has 1 aliphatic rings. The standard InChI is InChI=1S/C29H34N2O/c1-3-28(24-7-5-4-6-8-24)29(25-11-9-23(2)10-12-25)26-13-15-27(16-14-26)32-22-21-31-19-17-30-18-20-31/h4-16,30H,3,17-22H2,1-2H3/b29-28-. The normalized spacial score (nSPS) is 15.3. The van der Waals surface area contributed by atoms with Crippen molar-refractivity contribution in [3.05, 3.63) is 101 Å². The monoisotopic (exact) mass is 426 g/mol. The smallest absolute Gasteiger partial charge is 0.119 e. The molecule has 3 nitrogen and oxygen atoms in total. The van der Waals surface area contributed by atoms with Gasteiger partial charge in [-0.3, -0.25) is 4.90 Å². The van der Waals surface area contributed by atoms with Gasteiger partial charge in [-0.05, 0) is 53.3 Å². The van der Waals surface area contributed by atoms with Gasteiger partial charge in [-0.1, -0.05) is 79.2 Å². The minimum absolute atomic E-state index is 0.726. The number of hydrogen-bond acceptors (Lipinski definition) is 3. The summed E-state index contributed by atoms with van der Waals surface area (Å²) in [6, 6.07) is 28.2. The SMILES string of the molecule is CC/C(=C(\c1ccc(C)cc1)c1ccc(OCCN2CCNCC2)cc1)c1ccccc1. The predicted molar refractivity (Wildman–Crippen MR) is 135 cm³/mol. The van der Waals surface area contributed by atoms with Gasteiger partial charge in [0.1, 0.15) is 12.4 Å². The van der Waals surface area contributed by atoms with Crippen molar-refractivity contribution in [2.45, 2.75) is 20.3 Å². The molecule has 4 rings (SSSR count). The van der Waals surface area contributed by atoms with Crippen LogP contribution in [0.5, 0.6) is 5.75 Å². The van der Waals surface area contributed by atoms with Crippen molar-refractivity contribution < 1.29 is 4.74 Å². The molecule has 0 spiro atoms. The lowest BCUT2D eigenvalue weighted by atomic mass is 9.88. The number of ether oxygens (including phenoxy) is 1. The van der Waals surface area contributed by atoms with E-state index < -0.39 is 0 Å². The van der Waals surface area contributed by atoms with E-state index in [2.05, 4.69) is 103 Å². The summed E-state index contributed by atoms with van der Waals surface area (Å²) in [5.74, 6) is 0.935. The Labute approximate surface area is 192 Å². The fraction of sp³-hybridized carbons (Fsp3) is 0.310. The van der Waals surface area contributed by atoms with Crippen LogP contribution in [0, 0.1) is 6.92 Å². The molecule has 0 atom stereocenters. The Morgan fingerprint density at radius 2 is 1.44 bits per heavy atom. The summed E-state index contributed by atoms with van der Waals surface area (Å²) in [5.41, 5.74) is 7.70. The van der Waals surface area contributed by atoms with Crippen LogP contribution in [0.25, 0.3) is 11.1 Å². The van der Waals surface area contributed by atoms with Crippen molar-refractivity contribution in [1.82, 2.24) is 10.2 Å². The number of rotatable bonds is 8. The molecule has 0 bridgehead atoms. The van der Waals surface area contributed by atoms with Gasteiger partial charge in [-0.15, -0.1) is 0 Å². The molecule has 3 aromatic rings. The average Bonchev–Trinajstić information content (AvgIpc) is 2.85. The maximum atomic E-state index is 6.06. The highest BCUT2D eigenvalue weighted by atomic mass is 16.5. The largest absolute Gasteiger partial charge is 0.492 e. The predicted octanol–water partition coefficient (Wildman–Crippen LogP) is 5.65. The van der Waals surface area contributed by atoms with E-state index in [0.717, 1.165) is 51.5 Å². The van der Waals surface area contributed by atoms with E-state index in [0.29, 0.717) is 0 Å². The second-order valence-electron chi connectivity index (χ2n) is 8.40. The van der Waals surface area contributed by atoms with Crippen molar-refractivity contribution in [2.75, 3.05) is 39.3 Å². The first-order valence-corrected chi connectivity index (χ1v) is 11.8. The summed E-state index contributed by atoms with van der Waals surface area (Å²) < 4.78 is 6.06. The van der Waals surface area contributed by atoms with E-state index in [1.165, 1.54) is 33.4 Å². The summed E-state index contributed by atoms with van der Waals surface area (Å²) in [5, 5.41) is 3.39. The average molecular weight is 427 g/mol. The molecule has 1 heterocycles. The molecule has 0 aliphatic carbocycles. The number of hydrogen-bond donors (Lipinski definition) is 1. The molecule has 0 aromatic heterocycles. The number of allylic oxidation sites excluding steroid dienone is 1. The van der Waals surface area contributed by atoms with Crippen LogP contribution in [0.15, 0.2) is 78.9 Å². The third-order valence-electron chi connectivity index (χ3n) is 6.15. The van der Waals surface area contributed by atoms with Crippen LogP contribution < -0.4 is 10.1 Å². The lowest BCUT2D eigenvalue weighted by molar-refractivity contribution is 0.191. The van der Waals surface area contributed by atoms with Crippen LogP contribution in [0.1, 0.15) is 35.6 Å². The Hall–Kier alpha value is -2.88. The molecule has 1 saturated heterocycles. The summed E-state index contributed by atoms with van der Waals surface area (Å²) in [7, 11) is 0. The van der Waals surface area contributed by atoms with E-state index in [9.17, 15) is 0 Å². The van der Waals surface area contributed by atoms with Crippen LogP contribution in [-0.2, 0) is 0 Å². The van der Waals surface area contributed by atoms with Crippen molar-refractivity contribution >= 4 is 11.1 Å². The second kappa shape index (κ2) is 11.1. The Morgan fingerprint density at radius 3 is 2.06 bits per heavy atom. The lowest BCUT2D eigenvalue weighted by Gasteiger charge is -2.26. The Bertz CT molecular complexity index is 1000. The van der Waals surface area contributed by atoms with Crippen LogP contribution >= 0.6 is 0 Å². The molecule has 0 unspecified atom stereocenters. The van der Waals surface area contributed by atoms with Gasteiger partial charge in [0.25, 0.3) is 0 Å². The molecule has 1 aliphatic heterocycles. The molecule has 3 aromatic carbocycles. The molecule has 0 radical (unpaired) electrons. The molecule has 166 valence electrons. The molecule has 1 fully saturated rings. The van der Waals surface area contributed by atoms with E-state index in [1.54, 1.807) is 0 Å². The molecule has 3 heteroatoms. The number of nitrogens with zero attached hydrogens (tertiary/aromatic N) is 1. The van der Waals surface area contributed by atoms with E-state index in [4.69, 9.17) is 4.74 Å². The maximum absolute atomic E-state index is 6.06. The van der Waals surface area contributed by atoms with Gasteiger partial charge in [0.05, 0.1) is 0 Å². The Morgan fingerprint density at radius 1 is 0.812 bits per heavy atom. The zero-order valence-corrected chi connectivity index (χ0v) is 19.3. The molecular weight excluding hydrogens is 392 g/mol. The number of aryl methyl sites for hydroxylation is 1. The van der Waals surface area contributed by atoms with Gasteiger partial charge in [-0.25, -0.2) is 0 Å². The first kappa shape index (κ1) is 22.3. The quantitative estimate of drug-likeness (QED) is 0.471. The van der Waals surface area contributed by atoms with Crippen molar-refractivity contribution in [3.63, 3.8) is 0 Å². The molecule has 0 amide bonds. The first-order chi connectivity index (χ1) is 15.7. The maximum Gasteiger partial charge on any atom is 0.119 e. The van der Waals surface area contributed by atoms with Crippen molar-refractivity contribution in [1.29, 1.82) is 0 Å². The number of piperazine rings is 1. The molecular formula is C29H34N2O. The molecule has 1 N–H and O–H groups in total. The zero-order valence-electron chi connectivity index (χ0n) is 19.3. The summed E-state index contributed by atoms with van der Waals surface area (Å²) in [6.45, 7) is 10.4. The highest BCUT2D eigenvalue weighted by molar-refractivity contribution is 5.98. The van der Waals surface area contributed by atoms with Crippen molar-refractivity contribution in [2.24, 2.45) is 0 Å². The number of nitrogens with one attached hydrogen (secondary N) is 1. The summed E-state index contributed by atoms with van der Waals surface area (Å²) in [6.07, 6.45) is 0.968.